The fourth-order valence-electron chi connectivity index (χ4n) is 2.31. The van der Waals surface area contributed by atoms with E-state index < -0.39 is 17.2 Å². The smallest absolute Gasteiger partial charge is 0.281 e. The van der Waals surface area contributed by atoms with Crippen LogP contribution in [0.5, 0.6) is 5.75 Å². The van der Waals surface area contributed by atoms with Crippen molar-refractivity contribution in [2.45, 2.75) is 13.8 Å². The molecule has 2 aromatic heterocycles. The molecule has 3 aromatic rings. The highest BCUT2D eigenvalue weighted by atomic mass is 79.9. The van der Waals surface area contributed by atoms with E-state index in [1.807, 2.05) is 0 Å². The van der Waals surface area contributed by atoms with E-state index in [2.05, 4.69) is 31.3 Å². The van der Waals surface area contributed by atoms with Crippen molar-refractivity contribution in [1.82, 2.24) is 14.8 Å². The van der Waals surface area contributed by atoms with Crippen LogP contribution in [0.15, 0.2) is 39.6 Å². The van der Waals surface area contributed by atoms with Gasteiger partial charge in [-0.05, 0) is 31.2 Å². The molecule has 27 heavy (non-hydrogen) atoms. The molecule has 0 aliphatic carbocycles. The number of carbonyl (C=O) groups is 2. The summed E-state index contributed by atoms with van der Waals surface area (Å²) in [7, 11) is 0. The number of thiazole rings is 1. The van der Waals surface area contributed by atoms with Crippen molar-refractivity contribution in [1.29, 1.82) is 0 Å². The number of Topliss-reactive ketones (excluding diaryl/α,β-unsaturated/α-hetero) is 1. The molecule has 1 amide bonds. The Labute approximate surface area is 165 Å². The van der Waals surface area contributed by atoms with Gasteiger partial charge in [0, 0.05) is 17.5 Å². The number of hydrogen-bond acceptors (Lipinski definition) is 7. The third-order valence-corrected chi connectivity index (χ3v) is 5.24. The number of carbonyl (C=O) groups excluding carboxylic acids is 2. The van der Waals surface area contributed by atoms with Crippen molar-refractivity contribution in [3.63, 3.8) is 0 Å². The zero-order chi connectivity index (χ0) is 19.7. The van der Waals surface area contributed by atoms with Gasteiger partial charge >= 0.3 is 0 Å². The van der Waals surface area contributed by atoms with Gasteiger partial charge < -0.3 is 5.11 Å². The lowest BCUT2D eigenvalue weighted by atomic mass is 10.3. The predicted octanol–water partition coefficient (Wildman–Crippen LogP) is 2.92. The fourth-order valence-corrected chi connectivity index (χ4v) is 3.43. The third-order valence-electron chi connectivity index (χ3n) is 3.53. The number of nitrogens with one attached hydrogen (secondary N) is 1. The molecular formula is C17H13BrN4O4S. The maximum Gasteiger partial charge on any atom is 0.281 e. The zero-order valence-corrected chi connectivity index (χ0v) is 16.6. The Morgan fingerprint density at radius 2 is 1.93 bits per heavy atom. The molecule has 10 heteroatoms. The van der Waals surface area contributed by atoms with Crippen LogP contribution in [0.4, 0.5) is 5.13 Å². The first-order valence-electron chi connectivity index (χ1n) is 7.65. The molecule has 0 aliphatic rings. The van der Waals surface area contributed by atoms with Gasteiger partial charge in [0.15, 0.2) is 22.4 Å². The average molecular weight is 449 g/mol. The second kappa shape index (κ2) is 7.41. The molecular weight excluding hydrogens is 436 g/mol. The minimum atomic E-state index is -0.748. The Morgan fingerprint density at radius 3 is 2.52 bits per heavy atom. The first-order chi connectivity index (χ1) is 12.8. The molecule has 0 fully saturated rings. The second-order valence-corrected chi connectivity index (χ2v) is 7.46. The molecule has 3 rings (SSSR count). The van der Waals surface area contributed by atoms with Gasteiger partial charge in [-0.2, -0.15) is 9.78 Å². The lowest BCUT2D eigenvalue weighted by molar-refractivity contribution is 0.101. The molecule has 0 saturated carbocycles. The maximum absolute atomic E-state index is 12.5. The van der Waals surface area contributed by atoms with Gasteiger partial charge in [-0.25, -0.2) is 4.98 Å². The summed E-state index contributed by atoms with van der Waals surface area (Å²) in [6.07, 6.45) is 0. The molecule has 0 spiro atoms. The van der Waals surface area contributed by atoms with E-state index >= 15 is 0 Å². The van der Waals surface area contributed by atoms with Crippen molar-refractivity contribution in [3.05, 3.63) is 61.4 Å². The molecule has 0 saturated heterocycles. The number of aromatic hydroxyl groups is 1. The Kier molecular flexibility index (Phi) is 5.19. The fraction of sp³-hybridized carbons (Fsp3) is 0.118. The number of halogens is 1. The van der Waals surface area contributed by atoms with Crippen LogP contribution in [0, 0.1) is 6.92 Å². The highest BCUT2D eigenvalue weighted by molar-refractivity contribution is 9.10. The van der Waals surface area contributed by atoms with Gasteiger partial charge in [-0.1, -0.05) is 27.3 Å². The van der Waals surface area contributed by atoms with Crippen molar-refractivity contribution >= 4 is 44.1 Å². The quantitative estimate of drug-likeness (QED) is 0.592. The zero-order valence-electron chi connectivity index (χ0n) is 14.2. The Hall–Kier alpha value is -2.85. The van der Waals surface area contributed by atoms with Crippen LogP contribution in [0.2, 0.25) is 0 Å². The molecule has 1 aromatic carbocycles. The van der Waals surface area contributed by atoms with Crippen molar-refractivity contribution < 1.29 is 14.7 Å². The summed E-state index contributed by atoms with van der Waals surface area (Å²) in [5.41, 5.74) is 0.00565. The van der Waals surface area contributed by atoms with E-state index in [4.69, 9.17) is 0 Å². The number of aryl methyl sites for hydroxylation is 1. The summed E-state index contributed by atoms with van der Waals surface area (Å²) in [4.78, 5) is 40.7. The summed E-state index contributed by atoms with van der Waals surface area (Å²) in [5, 5.41) is 16.6. The predicted molar refractivity (Wildman–Crippen MR) is 104 cm³/mol. The van der Waals surface area contributed by atoms with Crippen LogP contribution < -0.4 is 10.9 Å². The number of anilines is 1. The molecule has 138 valence electrons. The standard InChI is InChI=1S/C17H13BrN4O4S/c1-8-15(9(2)23)27-17(19-8)20-16(26)14-12(24)7-13(25)22(21-14)11-5-3-10(18)4-6-11/h3-7,24H,1-2H3,(H,19,20,26). The summed E-state index contributed by atoms with van der Waals surface area (Å²) < 4.78 is 1.83. The Balaban J connectivity index is 1.96. The number of ketones is 1. The second-order valence-electron chi connectivity index (χ2n) is 5.55. The highest BCUT2D eigenvalue weighted by Crippen LogP contribution is 2.24. The van der Waals surface area contributed by atoms with E-state index in [1.54, 1.807) is 31.2 Å². The van der Waals surface area contributed by atoms with Crippen LogP contribution in [-0.2, 0) is 0 Å². The summed E-state index contributed by atoms with van der Waals surface area (Å²) in [6.45, 7) is 3.07. The number of benzene rings is 1. The number of amides is 1. The maximum atomic E-state index is 12.5. The van der Waals surface area contributed by atoms with Crippen molar-refractivity contribution in [2.75, 3.05) is 5.32 Å². The van der Waals surface area contributed by atoms with Gasteiger partial charge in [0.1, 0.15) is 0 Å². The van der Waals surface area contributed by atoms with Crippen LogP contribution in [0.3, 0.4) is 0 Å². The van der Waals surface area contributed by atoms with Crippen LogP contribution in [0.25, 0.3) is 5.69 Å². The van der Waals surface area contributed by atoms with E-state index in [0.29, 0.717) is 16.3 Å². The summed E-state index contributed by atoms with van der Waals surface area (Å²) >= 11 is 4.33. The molecule has 8 nitrogen and oxygen atoms in total. The Morgan fingerprint density at radius 1 is 1.26 bits per heavy atom. The van der Waals surface area contributed by atoms with Gasteiger partial charge in [0.25, 0.3) is 11.5 Å². The number of aromatic nitrogens is 3. The SMILES string of the molecule is CC(=O)c1sc(NC(=O)c2nn(-c3ccc(Br)cc3)c(=O)cc2O)nc1C. The summed E-state index contributed by atoms with van der Waals surface area (Å²) in [6, 6.07) is 7.63. The van der Waals surface area contributed by atoms with Gasteiger partial charge in [0.2, 0.25) is 0 Å². The molecule has 2 N–H and O–H groups in total. The molecule has 0 bridgehead atoms. The van der Waals surface area contributed by atoms with Crippen LogP contribution >= 0.6 is 27.3 Å². The first kappa shape index (κ1) is 18.9. The van der Waals surface area contributed by atoms with E-state index in [1.165, 1.54) is 6.92 Å². The summed E-state index contributed by atoms with van der Waals surface area (Å²) in [5.74, 6) is -1.46. The largest absolute Gasteiger partial charge is 0.505 e. The minimum absolute atomic E-state index is 0.157. The van der Waals surface area contributed by atoms with Crippen LogP contribution in [-0.4, -0.2) is 31.6 Å². The lowest BCUT2D eigenvalue weighted by Gasteiger charge is -2.08. The van der Waals surface area contributed by atoms with Gasteiger partial charge in [-0.15, -0.1) is 0 Å². The molecule has 2 heterocycles. The molecule has 0 unspecified atom stereocenters. The van der Waals surface area contributed by atoms with Gasteiger partial charge in [0.05, 0.1) is 16.3 Å². The topological polar surface area (TPSA) is 114 Å². The van der Waals surface area contributed by atoms with Crippen molar-refractivity contribution in [3.8, 4) is 11.4 Å². The van der Waals surface area contributed by atoms with Gasteiger partial charge in [-0.3, -0.25) is 19.7 Å². The lowest BCUT2D eigenvalue weighted by Crippen LogP contribution is -2.25. The normalized spacial score (nSPS) is 10.6. The minimum Gasteiger partial charge on any atom is -0.505 e. The molecule has 0 aliphatic heterocycles. The highest BCUT2D eigenvalue weighted by Gasteiger charge is 2.20. The molecule has 0 atom stereocenters. The average Bonchev–Trinajstić information content (AvgIpc) is 2.96. The Bertz CT molecular complexity index is 1110. The van der Waals surface area contributed by atoms with Crippen LogP contribution in [0.1, 0.15) is 32.8 Å². The van der Waals surface area contributed by atoms with E-state index in [9.17, 15) is 19.5 Å². The first-order valence-corrected chi connectivity index (χ1v) is 9.26. The number of hydrogen-bond donors (Lipinski definition) is 2. The third kappa shape index (κ3) is 3.96. The number of rotatable bonds is 4. The van der Waals surface area contributed by atoms with E-state index in [0.717, 1.165) is 26.6 Å². The van der Waals surface area contributed by atoms with Crippen molar-refractivity contribution in [2.24, 2.45) is 0 Å². The number of nitrogens with zero attached hydrogens (tertiary/aromatic N) is 3. The molecule has 0 radical (unpaired) electrons. The monoisotopic (exact) mass is 448 g/mol. The van der Waals surface area contributed by atoms with E-state index in [-0.39, 0.29) is 16.6 Å².